The predicted molar refractivity (Wildman–Crippen MR) is 47.1 cm³/mol. The minimum atomic E-state index is 1.36. The molecule has 0 heterocycles. The number of halogens is 1. The minimum absolute atomic E-state index is 1.36. The van der Waals surface area contributed by atoms with Crippen LogP contribution in [-0.2, 0) is 0 Å². The first-order valence-electron chi connectivity index (χ1n) is 4.08. The monoisotopic (exact) mass is 166 g/mol. The van der Waals surface area contributed by atoms with Gasteiger partial charge in [0.25, 0.3) is 0 Å². The van der Waals surface area contributed by atoms with Gasteiger partial charge in [0.2, 0.25) is 0 Å². The summed E-state index contributed by atoms with van der Waals surface area (Å²) in [5.41, 5.74) is 0. The van der Waals surface area contributed by atoms with E-state index in [1.54, 1.807) is 0 Å². The van der Waals surface area contributed by atoms with Crippen molar-refractivity contribution in [2.45, 2.75) is 52.4 Å². The predicted octanol–water partition coefficient (Wildman–Crippen LogP) is 3.50. The molecule has 64 valence electrons. The van der Waals surface area contributed by atoms with Crippen LogP contribution in [0.1, 0.15) is 52.4 Å². The molecule has 0 saturated heterocycles. The van der Waals surface area contributed by atoms with Gasteiger partial charge in [-0.15, -0.1) is 0 Å². The van der Waals surface area contributed by atoms with Crippen molar-refractivity contribution in [1.29, 1.82) is 0 Å². The van der Waals surface area contributed by atoms with Crippen LogP contribution < -0.4 is 0 Å². The van der Waals surface area contributed by atoms with Gasteiger partial charge in [-0.3, -0.25) is 4.66 Å². The quantitative estimate of drug-likeness (QED) is 0.620. The molecule has 0 amide bonds. The summed E-state index contributed by atoms with van der Waals surface area (Å²) < 4.78 is 6.47. The van der Waals surface area contributed by atoms with E-state index in [0.717, 1.165) is 0 Å². The highest BCUT2D eigenvalue weighted by Crippen LogP contribution is 2.03. The summed E-state index contributed by atoms with van der Waals surface area (Å²) in [4.78, 5) is 0. The third-order valence-corrected chi connectivity index (χ3v) is 1.46. The Labute approximate surface area is 69.6 Å². The van der Waals surface area contributed by atoms with Crippen LogP contribution in [-0.4, -0.2) is 4.66 Å². The molecule has 0 spiro atoms. The SMILES string of the molecule is CCCCCCCC.OCl. The van der Waals surface area contributed by atoms with Crippen LogP contribution in [0.25, 0.3) is 0 Å². The van der Waals surface area contributed by atoms with Crippen molar-refractivity contribution >= 4 is 11.9 Å². The lowest BCUT2D eigenvalue weighted by molar-refractivity contribution is 0.624. The van der Waals surface area contributed by atoms with E-state index in [1.807, 2.05) is 0 Å². The number of rotatable bonds is 5. The second kappa shape index (κ2) is 16.1. The van der Waals surface area contributed by atoms with Crippen molar-refractivity contribution in [2.75, 3.05) is 0 Å². The zero-order valence-electron chi connectivity index (χ0n) is 7.07. The zero-order valence-corrected chi connectivity index (χ0v) is 7.82. The van der Waals surface area contributed by atoms with Gasteiger partial charge in [0.1, 0.15) is 0 Å². The lowest BCUT2D eigenvalue weighted by atomic mass is 10.1. The first-order valence-corrected chi connectivity index (χ1v) is 4.42. The van der Waals surface area contributed by atoms with Crippen LogP contribution in [0.5, 0.6) is 0 Å². The maximum Gasteiger partial charge on any atom is 0.0579 e. The molecule has 2 heteroatoms. The Bertz CT molecular complexity index is 34.2. The van der Waals surface area contributed by atoms with Crippen molar-refractivity contribution in [3.05, 3.63) is 0 Å². The molecule has 0 bridgehead atoms. The summed E-state index contributed by atoms with van der Waals surface area (Å²) in [7, 11) is 0. The molecule has 0 unspecified atom stereocenters. The van der Waals surface area contributed by atoms with Crippen molar-refractivity contribution in [1.82, 2.24) is 0 Å². The first-order chi connectivity index (χ1) is 4.91. The average Bonchev–Trinajstić information content (AvgIpc) is 2.02. The summed E-state index contributed by atoms with van der Waals surface area (Å²) >= 11 is 3.64. The molecule has 0 fully saturated rings. The van der Waals surface area contributed by atoms with E-state index >= 15 is 0 Å². The normalized spacial score (nSPS) is 8.40. The average molecular weight is 167 g/mol. The second-order valence-electron chi connectivity index (χ2n) is 2.41. The molecule has 0 aliphatic carbocycles. The highest BCUT2D eigenvalue weighted by Gasteiger charge is 1.83. The van der Waals surface area contributed by atoms with Gasteiger partial charge in [-0.2, -0.15) is 0 Å². The van der Waals surface area contributed by atoms with Gasteiger partial charge >= 0.3 is 0 Å². The molecule has 0 aromatic carbocycles. The lowest BCUT2D eigenvalue weighted by Gasteiger charge is -1.93. The maximum absolute atomic E-state index is 6.47. The molecule has 0 rings (SSSR count). The van der Waals surface area contributed by atoms with E-state index < -0.39 is 0 Å². The van der Waals surface area contributed by atoms with Crippen molar-refractivity contribution in [2.24, 2.45) is 0 Å². The summed E-state index contributed by atoms with van der Waals surface area (Å²) in [6.07, 6.45) is 8.49. The van der Waals surface area contributed by atoms with E-state index in [0.29, 0.717) is 0 Å². The molecule has 1 nitrogen and oxygen atoms in total. The van der Waals surface area contributed by atoms with Crippen LogP contribution in [0.2, 0.25) is 0 Å². The van der Waals surface area contributed by atoms with E-state index in [-0.39, 0.29) is 0 Å². The molecule has 10 heavy (non-hydrogen) atoms. The van der Waals surface area contributed by atoms with E-state index in [9.17, 15) is 0 Å². The minimum Gasteiger partial charge on any atom is -0.295 e. The summed E-state index contributed by atoms with van der Waals surface area (Å²) in [5, 5.41) is 0. The van der Waals surface area contributed by atoms with Crippen LogP contribution in [0.4, 0.5) is 0 Å². The Balaban J connectivity index is 0. The summed E-state index contributed by atoms with van der Waals surface area (Å²) in [5.74, 6) is 0. The topological polar surface area (TPSA) is 20.2 Å². The number of hydrogen-bond acceptors (Lipinski definition) is 1. The van der Waals surface area contributed by atoms with Gasteiger partial charge in [-0.1, -0.05) is 52.4 Å². The van der Waals surface area contributed by atoms with E-state index in [1.165, 1.54) is 38.5 Å². The molecule has 0 aliphatic rings. The number of hydrogen-bond donors (Lipinski definition) is 1. The van der Waals surface area contributed by atoms with Gasteiger partial charge in [-0.05, 0) is 0 Å². The smallest absolute Gasteiger partial charge is 0.0579 e. The lowest BCUT2D eigenvalue weighted by Crippen LogP contribution is -1.73. The Hall–Kier alpha value is 0.250. The highest BCUT2D eigenvalue weighted by molar-refractivity contribution is 6.04. The number of unbranched alkanes of at least 4 members (excludes halogenated alkanes) is 5. The van der Waals surface area contributed by atoms with Crippen LogP contribution >= 0.6 is 11.9 Å². The summed E-state index contributed by atoms with van der Waals surface area (Å²) in [6, 6.07) is 0. The molecule has 1 N–H and O–H groups in total. The third-order valence-electron chi connectivity index (χ3n) is 1.46. The Morgan fingerprint density at radius 1 is 0.800 bits per heavy atom. The molecule has 0 aromatic heterocycles. The molecule has 0 aromatic rings. The van der Waals surface area contributed by atoms with Crippen LogP contribution in [0.15, 0.2) is 0 Å². The third kappa shape index (κ3) is 15.7. The Morgan fingerprint density at radius 3 is 1.30 bits per heavy atom. The van der Waals surface area contributed by atoms with Gasteiger partial charge < -0.3 is 0 Å². The Morgan fingerprint density at radius 2 is 1.10 bits per heavy atom. The summed E-state index contributed by atoms with van der Waals surface area (Å²) in [6.45, 7) is 4.51. The molecule has 0 radical (unpaired) electrons. The van der Waals surface area contributed by atoms with Crippen molar-refractivity contribution < 1.29 is 4.66 Å². The maximum atomic E-state index is 6.47. The second-order valence-corrected chi connectivity index (χ2v) is 2.41. The fraction of sp³-hybridized carbons (Fsp3) is 1.00. The highest BCUT2D eigenvalue weighted by atomic mass is 35.5. The van der Waals surface area contributed by atoms with Crippen molar-refractivity contribution in [3.63, 3.8) is 0 Å². The zero-order chi connectivity index (χ0) is 8.24. The first kappa shape index (κ1) is 12.9. The molecular weight excluding hydrogens is 148 g/mol. The Kier molecular flexibility index (Phi) is 20.8. The van der Waals surface area contributed by atoms with E-state index in [4.69, 9.17) is 4.66 Å². The fourth-order valence-electron chi connectivity index (χ4n) is 0.854. The largest absolute Gasteiger partial charge is 0.295 e. The molecule has 0 aliphatic heterocycles. The fourth-order valence-corrected chi connectivity index (χ4v) is 0.854. The van der Waals surface area contributed by atoms with E-state index in [2.05, 4.69) is 25.7 Å². The molecular formula is C8H19ClO. The van der Waals surface area contributed by atoms with Crippen molar-refractivity contribution in [3.8, 4) is 0 Å². The van der Waals surface area contributed by atoms with Gasteiger partial charge in [0.15, 0.2) is 0 Å². The standard InChI is InChI=1S/C8H18.ClHO/c1-3-5-7-8-6-4-2;1-2/h3-8H2,1-2H3;2H. The van der Waals surface area contributed by atoms with Gasteiger partial charge in [0.05, 0.1) is 11.9 Å². The van der Waals surface area contributed by atoms with Gasteiger partial charge in [-0.25, -0.2) is 0 Å². The molecule has 0 saturated carbocycles. The van der Waals surface area contributed by atoms with Crippen LogP contribution in [0.3, 0.4) is 0 Å². The van der Waals surface area contributed by atoms with Gasteiger partial charge in [0, 0.05) is 0 Å². The van der Waals surface area contributed by atoms with Crippen LogP contribution in [0, 0.1) is 0 Å². The molecule has 0 atom stereocenters.